The highest BCUT2D eigenvalue weighted by Gasteiger charge is 2.63. The van der Waals surface area contributed by atoms with Crippen LogP contribution in [0.4, 0.5) is 0 Å². The van der Waals surface area contributed by atoms with Crippen molar-refractivity contribution in [2.24, 2.45) is 11.1 Å². The van der Waals surface area contributed by atoms with E-state index in [2.05, 4.69) is 5.32 Å². The van der Waals surface area contributed by atoms with Gasteiger partial charge in [-0.15, -0.1) is 12.4 Å². The average molecular weight is 306 g/mol. The van der Waals surface area contributed by atoms with Gasteiger partial charge in [0.1, 0.15) is 5.54 Å². The molecule has 7 heteroatoms. The Hall–Kier alpha value is -0.850. The first-order valence-electron chi connectivity index (χ1n) is 6.79. The molecule has 1 aliphatic heterocycles. The number of halogens is 1. The highest BCUT2D eigenvalue weighted by Crippen LogP contribution is 2.50. The third-order valence-electron chi connectivity index (χ3n) is 4.54. The second-order valence-electron chi connectivity index (χ2n) is 5.92. The van der Waals surface area contributed by atoms with Crippen molar-refractivity contribution >= 4 is 24.2 Å². The van der Waals surface area contributed by atoms with Crippen molar-refractivity contribution < 1.29 is 14.3 Å². The fraction of sp³-hybridized carbons (Fsp3) is 0.846. The molecule has 3 N–H and O–H groups in total. The smallest absolute Gasteiger partial charge is 0.243 e. The topological polar surface area (TPSA) is 84.7 Å². The molecule has 2 amide bonds. The minimum Gasteiger partial charge on any atom is -0.378 e. The number of carbonyl (C=O) groups is 2. The van der Waals surface area contributed by atoms with Crippen LogP contribution in [0.3, 0.4) is 0 Å². The Bertz CT molecular complexity index is 402. The third kappa shape index (κ3) is 2.52. The Morgan fingerprint density at radius 2 is 2.20 bits per heavy atom. The first-order chi connectivity index (χ1) is 8.83. The molecular weight excluding hydrogens is 282 g/mol. The molecule has 0 aromatic heterocycles. The van der Waals surface area contributed by atoms with E-state index in [1.165, 1.54) is 0 Å². The van der Waals surface area contributed by atoms with Crippen molar-refractivity contribution in [1.29, 1.82) is 0 Å². The summed E-state index contributed by atoms with van der Waals surface area (Å²) in [6.45, 7) is 7.59. The number of hydrogen-bond donors (Lipinski definition) is 2. The molecule has 6 nitrogen and oxygen atoms in total. The van der Waals surface area contributed by atoms with Gasteiger partial charge in [-0.2, -0.15) is 0 Å². The van der Waals surface area contributed by atoms with E-state index >= 15 is 0 Å². The first-order valence-corrected chi connectivity index (χ1v) is 6.79. The Balaban J connectivity index is 0.00000200. The van der Waals surface area contributed by atoms with Crippen LogP contribution in [-0.2, 0) is 14.3 Å². The fourth-order valence-corrected chi connectivity index (χ4v) is 2.89. The number of hydrogen-bond acceptors (Lipinski definition) is 4. The summed E-state index contributed by atoms with van der Waals surface area (Å²) in [5.41, 5.74) is 4.98. The van der Waals surface area contributed by atoms with Gasteiger partial charge >= 0.3 is 0 Å². The second kappa shape index (κ2) is 5.87. The number of rotatable bonds is 3. The van der Waals surface area contributed by atoms with Crippen molar-refractivity contribution in [1.82, 2.24) is 10.2 Å². The lowest BCUT2D eigenvalue weighted by Crippen LogP contribution is -2.76. The van der Waals surface area contributed by atoms with Crippen molar-refractivity contribution in [3.63, 3.8) is 0 Å². The summed E-state index contributed by atoms with van der Waals surface area (Å²) in [5, 5.41) is 2.71. The zero-order valence-corrected chi connectivity index (χ0v) is 13.1. The molecule has 2 fully saturated rings. The zero-order valence-electron chi connectivity index (χ0n) is 12.3. The maximum Gasteiger partial charge on any atom is 0.243 e. The van der Waals surface area contributed by atoms with E-state index in [9.17, 15) is 9.59 Å². The predicted octanol–water partition coefficient (Wildman–Crippen LogP) is -0.101. The number of piperazine rings is 1. The molecule has 0 radical (unpaired) electrons. The van der Waals surface area contributed by atoms with E-state index in [0.717, 1.165) is 0 Å². The zero-order chi connectivity index (χ0) is 14.3. The first kappa shape index (κ1) is 17.2. The molecular formula is C13H24ClN3O3. The SMILES string of the molecule is CCOC1CC(N)(C(=O)N2CCNC(=O)C2)C1(C)C.Cl. The lowest BCUT2D eigenvalue weighted by atomic mass is 9.54. The molecule has 0 spiro atoms. The van der Waals surface area contributed by atoms with Gasteiger partial charge in [-0.05, 0) is 6.92 Å². The van der Waals surface area contributed by atoms with E-state index < -0.39 is 11.0 Å². The van der Waals surface area contributed by atoms with E-state index in [1.54, 1.807) is 4.90 Å². The number of carbonyl (C=O) groups excluding carboxylic acids is 2. The standard InChI is InChI=1S/C13H23N3O3.ClH/c1-4-19-9-7-13(14,12(9,2)3)11(18)16-6-5-15-10(17)8-16;/h9H,4-8,14H2,1-3H3,(H,15,17);1H. The van der Waals surface area contributed by atoms with Crippen molar-refractivity contribution in [3.05, 3.63) is 0 Å². The molecule has 0 aromatic rings. The summed E-state index contributed by atoms with van der Waals surface area (Å²) in [6, 6.07) is 0. The van der Waals surface area contributed by atoms with Crippen LogP contribution in [0.5, 0.6) is 0 Å². The van der Waals surface area contributed by atoms with Crippen LogP contribution in [0, 0.1) is 5.41 Å². The van der Waals surface area contributed by atoms with Crippen LogP contribution in [0.1, 0.15) is 27.2 Å². The average Bonchev–Trinajstić information content (AvgIpc) is 2.37. The van der Waals surface area contributed by atoms with Crippen LogP contribution in [0.25, 0.3) is 0 Å². The Labute approximate surface area is 125 Å². The van der Waals surface area contributed by atoms with E-state index in [-0.39, 0.29) is 36.9 Å². The Morgan fingerprint density at radius 3 is 2.70 bits per heavy atom. The monoisotopic (exact) mass is 305 g/mol. The summed E-state index contributed by atoms with van der Waals surface area (Å²) in [5.74, 6) is -0.259. The number of nitrogens with one attached hydrogen (secondary N) is 1. The van der Waals surface area contributed by atoms with E-state index in [1.807, 2.05) is 20.8 Å². The van der Waals surface area contributed by atoms with Gasteiger partial charge in [-0.3, -0.25) is 9.59 Å². The molecule has 0 aromatic carbocycles. The largest absolute Gasteiger partial charge is 0.378 e. The lowest BCUT2D eigenvalue weighted by Gasteiger charge is -2.58. The van der Waals surface area contributed by atoms with Gasteiger partial charge in [-0.1, -0.05) is 13.8 Å². The highest BCUT2D eigenvalue weighted by molar-refractivity contribution is 5.92. The van der Waals surface area contributed by atoms with Crippen LogP contribution in [0.15, 0.2) is 0 Å². The third-order valence-corrected chi connectivity index (χ3v) is 4.54. The quantitative estimate of drug-likeness (QED) is 0.762. The van der Waals surface area contributed by atoms with Crippen molar-refractivity contribution in [2.45, 2.75) is 38.8 Å². The van der Waals surface area contributed by atoms with Gasteiger partial charge in [0.2, 0.25) is 11.8 Å². The number of nitrogens with zero attached hydrogens (tertiary/aromatic N) is 1. The maximum atomic E-state index is 12.6. The lowest BCUT2D eigenvalue weighted by molar-refractivity contribution is -0.180. The van der Waals surface area contributed by atoms with Crippen LogP contribution < -0.4 is 11.1 Å². The van der Waals surface area contributed by atoms with Gasteiger partial charge < -0.3 is 20.7 Å². The van der Waals surface area contributed by atoms with Crippen molar-refractivity contribution in [2.75, 3.05) is 26.2 Å². The van der Waals surface area contributed by atoms with Gasteiger partial charge in [0, 0.05) is 31.5 Å². The molecule has 2 rings (SSSR count). The minimum absolute atomic E-state index is 0. The van der Waals surface area contributed by atoms with Gasteiger partial charge in [0.15, 0.2) is 0 Å². The molecule has 0 bridgehead atoms. The molecule has 1 heterocycles. The molecule has 1 saturated heterocycles. The molecule has 116 valence electrons. The summed E-state index contributed by atoms with van der Waals surface area (Å²) in [4.78, 5) is 25.5. The molecule has 1 aliphatic carbocycles. The van der Waals surface area contributed by atoms with Gasteiger partial charge in [0.05, 0.1) is 12.6 Å². The van der Waals surface area contributed by atoms with E-state index in [0.29, 0.717) is 26.1 Å². The summed E-state index contributed by atoms with van der Waals surface area (Å²) >= 11 is 0. The Morgan fingerprint density at radius 1 is 1.55 bits per heavy atom. The number of nitrogens with two attached hydrogens (primary N) is 1. The number of ether oxygens (including phenoxy) is 1. The van der Waals surface area contributed by atoms with Crippen LogP contribution in [0.2, 0.25) is 0 Å². The molecule has 20 heavy (non-hydrogen) atoms. The Kier molecular flexibility index (Phi) is 5.05. The number of amides is 2. The fourth-order valence-electron chi connectivity index (χ4n) is 2.89. The van der Waals surface area contributed by atoms with Gasteiger partial charge in [-0.25, -0.2) is 0 Å². The summed E-state index contributed by atoms with van der Waals surface area (Å²) in [7, 11) is 0. The minimum atomic E-state index is -0.926. The second-order valence-corrected chi connectivity index (χ2v) is 5.92. The van der Waals surface area contributed by atoms with Crippen LogP contribution >= 0.6 is 12.4 Å². The molecule has 2 aliphatic rings. The summed E-state index contributed by atoms with van der Waals surface area (Å²) in [6.07, 6.45) is 0.523. The maximum absolute atomic E-state index is 12.6. The summed E-state index contributed by atoms with van der Waals surface area (Å²) < 4.78 is 5.62. The van der Waals surface area contributed by atoms with Gasteiger partial charge in [0.25, 0.3) is 0 Å². The molecule has 2 unspecified atom stereocenters. The van der Waals surface area contributed by atoms with Crippen molar-refractivity contribution in [3.8, 4) is 0 Å². The normalized spacial score (nSPS) is 31.9. The van der Waals surface area contributed by atoms with Crippen LogP contribution in [-0.4, -0.2) is 54.6 Å². The van der Waals surface area contributed by atoms with E-state index in [4.69, 9.17) is 10.5 Å². The predicted molar refractivity (Wildman–Crippen MR) is 77.6 cm³/mol. The highest BCUT2D eigenvalue weighted by atomic mass is 35.5. The molecule has 1 saturated carbocycles. The molecule has 2 atom stereocenters.